The molecular weight excluding hydrogens is 320 g/mol. The summed E-state index contributed by atoms with van der Waals surface area (Å²) in [5, 5.41) is 13.5. The molecule has 2 aromatic rings. The monoisotopic (exact) mass is 330 g/mol. The summed E-state index contributed by atoms with van der Waals surface area (Å²) >= 11 is 0. The first-order chi connectivity index (χ1) is 10.8. The van der Waals surface area contributed by atoms with Gasteiger partial charge < -0.3 is 10.1 Å². The number of hydrogen-bond donors (Lipinski definition) is 1. The molecule has 0 bridgehead atoms. The molecule has 0 aliphatic heterocycles. The predicted molar refractivity (Wildman–Crippen MR) is 74.4 cm³/mol. The van der Waals surface area contributed by atoms with Crippen molar-refractivity contribution in [1.29, 1.82) is 0 Å². The van der Waals surface area contributed by atoms with Crippen LogP contribution < -0.4 is 10.1 Å². The van der Waals surface area contributed by atoms with Gasteiger partial charge in [0.1, 0.15) is 11.4 Å². The first-order valence-corrected chi connectivity index (χ1v) is 6.25. The Bertz CT molecular complexity index is 710. The number of hydrogen-bond acceptors (Lipinski definition) is 4. The summed E-state index contributed by atoms with van der Waals surface area (Å²) in [6.07, 6.45) is -8.69. The molecule has 0 fully saturated rings. The zero-order chi connectivity index (χ0) is 17.0. The molecule has 0 aliphatic rings. The van der Waals surface area contributed by atoms with Crippen molar-refractivity contribution in [3.8, 4) is 5.75 Å². The van der Waals surface area contributed by atoms with Crippen LogP contribution in [0.4, 0.5) is 34.6 Å². The lowest BCUT2D eigenvalue weighted by Crippen LogP contribution is -2.33. The Balaban J connectivity index is 2.34. The van der Waals surface area contributed by atoms with Gasteiger partial charge in [-0.2, -0.15) is 17.6 Å². The molecule has 0 spiro atoms. The van der Waals surface area contributed by atoms with Gasteiger partial charge >= 0.3 is 12.5 Å². The van der Waals surface area contributed by atoms with E-state index in [0.717, 1.165) is 6.07 Å². The van der Waals surface area contributed by atoms with Gasteiger partial charge in [0.15, 0.2) is 0 Å². The van der Waals surface area contributed by atoms with Crippen LogP contribution >= 0.6 is 0 Å². The minimum atomic E-state index is -4.68. The second-order valence-electron chi connectivity index (χ2n) is 4.36. The lowest BCUT2D eigenvalue weighted by Gasteiger charge is -2.19. The fourth-order valence-electron chi connectivity index (χ4n) is 1.73. The number of rotatable bonds is 6. The van der Waals surface area contributed by atoms with E-state index in [4.69, 9.17) is 0 Å². The fourth-order valence-corrected chi connectivity index (χ4v) is 1.73. The van der Waals surface area contributed by atoms with E-state index < -0.39 is 23.2 Å². The first-order valence-electron chi connectivity index (χ1n) is 6.25. The number of anilines is 2. The van der Waals surface area contributed by atoms with Crippen molar-refractivity contribution in [2.45, 2.75) is 12.5 Å². The number of nitro benzene ring substituents is 1. The van der Waals surface area contributed by atoms with E-state index in [-0.39, 0.29) is 17.1 Å². The van der Waals surface area contributed by atoms with Crippen molar-refractivity contribution in [1.82, 2.24) is 0 Å². The quantitative estimate of drug-likeness (QED) is 0.478. The Kier molecular flexibility index (Phi) is 4.68. The molecule has 122 valence electrons. The molecule has 0 saturated carbocycles. The van der Waals surface area contributed by atoms with E-state index in [1.54, 1.807) is 0 Å². The molecule has 0 aromatic heterocycles. The van der Waals surface area contributed by atoms with Crippen LogP contribution in [0.5, 0.6) is 5.75 Å². The highest BCUT2D eigenvalue weighted by Crippen LogP contribution is 2.35. The largest absolute Gasteiger partial charge is 0.461 e. The van der Waals surface area contributed by atoms with E-state index in [1.807, 2.05) is 0 Å². The van der Waals surface area contributed by atoms with Gasteiger partial charge in [0, 0.05) is 6.07 Å². The normalized spacial score (nSPS) is 11.3. The molecule has 23 heavy (non-hydrogen) atoms. The van der Waals surface area contributed by atoms with Crippen LogP contribution in [0, 0.1) is 10.1 Å². The van der Waals surface area contributed by atoms with Crippen LogP contribution in [-0.4, -0.2) is 17.5 Å². The summed E-state index contributed by atoms with van der Waals surface area (Å²) < 4.78 is 54.6. The van der Waals surface area contributed by atoms with Crippen molar-refractivity contribution >= 4 is 17.1 Å². The summed E-state index contributed by atoms with van der Waals surface area (Å²) in [5.74, 6) is -0.559. The molecule has 5 nitrogen and oxygen atoms in total. The lowest BCUT2D eigenvalue weighted by atomic mass is 10.2. The minimum absolute atomic E-state index is 0.00825. The second kappa shape index (κ2) is 6.51. The molecule has 1 N–H and O–H groups in total. The molecule has 2 aromatic carbocycles. The Morgan fingerprint density at radius 1 is 1.04 bits per heavy atom. The summed E-state index contributed by atoms with van der Waals surface area (Å²) in [6.45, 7) is 0. The number of alkyl halides is 4. The van der Waals surface area contributed by atoms with Gasteiger partial charge in [-0.15, -0.1) is 0 Å². The zero-order valence-electron chi connectivity index (χ0n) is 11.4. The maximum Gasteiger partial charge on any atom is 0.461 e. The predicted octanol–water partition coefficient (Wildman–Crippen LogP) is 4.58. The third kappa shape index (κ3) is 3.87. The number of ether oxygens (including phenoxy) is 1. The topological polar surface area (TPSA) is 64.4 Å². The van der Waals surface area contributed by atoms with Crippen LogP contribution in [-0.2, 0) is 0 Å². The van der Waals surface area contributed by atoms with Crippen molar-refractivity contribution < 1.29 is 27.2 Å². The first kappa shape index (κ1) is 16.5. The van der Waals surface area contributed by atoms with Crippen LogP contribution in [0.15, 0.2) is 48.5 Å². The van der Waals surface area contributed by atoms with Gasteiger partial charge in [-0.25, -0.2) is 0 Å². The molecule has 9 heteroatoms. The van der Waals surface area contributed by atoms with Gasteiger partial charge in [0.2, 0.25) is 0 Å². The SMILES string of the molecule is O=[N+]([O-])c1ccccc1Nc1ccccc1OC(F)(F)C(F)F. The number of benzene rings is 2. The Morgan fingerprint density at radius 2 is 1.61 bits per heavy atom. The third-order valence-electron chi connectivity index (χ3n) is 2.76. The molecule has 0 heterocycles. The van der Waals surface area contributed by atoms with E-state index in [0.29, 0.717) is 0 Å². The molecule has 0 amide bonds. The number of nitro groups is 1. The molecule has 2 rings (SSSR count). The minimum Gasteiger partial charge on any atom is -0.426 e. The summed E-state index contributed by atoms with van der Waals surface area (Å²) in [4.78, 5) is 10.3. The lowest BCUT2D eigenvalue weighted by molar-refractivity contribution is -0.383. The molecule has 0 atom stereocenters. The third-order valence-corrected chi connectivity index (χ3v) is 2.76. The summed E-state index contributed by atoms with van der Waals surface area (Å²) in [7, 11) is 0. The van der Waals surface area contributed by atoms with Crippen molar-refractivity contribution in [2.24, 2.45) is 0 Å². The molecular formula is C14H10F4N2O3. The number of nitrogens with one attached hydrogen (secondary N) is 1. The van der Waals surface area contributed by atoms with E-state index >= 15 is 0 Å². The number of halogens is 4. The number of nitrogens with zero attached hydrogens (tertiary/aromatic N) is 1. The van der Waals surface area contributed by atoms with Crippen LogP contribution in [0.1, 0.15) is 0 Å². The van der Waals surface area contributed by atoms with Gasteiger partial charge in [-0.3, -0.25) is 10.1 Å². The van der Waals surface area contributed by atoms with Gasteiger partial charge in [0.25, 0.3) is 5.69 Å². The Labute approximate surface area is 127 Å². The van der Waals surface area contributed by atoms with Crippen molar-refractivity contribution in [3.05, 3.63) is 58.6 Å². The highest BCUT2D eigenvalue weighted by molar-refractivity contribution is 5.72. The molecule has 0 saturated heterocycles. The average Bonchev–Trinajstić information content (AvgIpc) is 2.49. The van der Waals surface area contributed by atoms with E-state index in [1.165, 1.54) is 42.5 Å². The standard InChI is InChI=1S/C14H10F4N2O3/c15-13(16)14(17,18)23-12-8-4-2-6-10(12)19-9-5-1-3-7-11(9)20(21)22/h1-8,13,19H. The molecule has 0 unspecified atom stereocenters. The van der Waals surface area contributed by atoms with Gasteiger partial charge in [-0.1, -0.05) is 24.3 Å². The van der Waals surface area contributed by atoms with Gasteiger partial charge in [0.05, 0.1) is 10.6 Å². The molecule has 0 radical (unpaired) electrons. The fraction of sp³-hybridized carbons (Fsp3) is 0.143. The summed E-state index contributed by atoms with van der Waals surface area (Å²) in [6, 6.07) is 10.5. The Morgan fingerprint density at radius 3 is 2.22 bits per heavy atom. The number of para-hydroxylation sites is 4. The highest BCUT2D eigenvalue weighted by atomic mass is 19.3. The van der Waals surface area contributed by atoms with E-state index in [9.17, 15) is 27.7 Å². The summed E-state index contributed by atoms with van der Waals surface area (Å²) in [5.41, 5.74) is -0.404. The van der Waals surface area contributed by atoms with Crippen LogP contribution in [0.3, 0.4) is 0 Å². The maximum absolute atomic E-state index is 13.1. The van der Waals surface area contributed by atoms with Gasteiger partial charge in [-0.05, 0) is 18.2 Å². The zero-order valence-corrected chi connectivity index (χ0v) is 11.4. The maximum atomic E-state index is 13.1. The highest BCUT2D eigenvalue weighted by Gasteiger charge is 2.44. The van der Waals surface area contributed by atoms with E-state index in [2.05, 4.69) is 10.1 Å². The van der Waals surface area contributed by atoms with Crippen LogP contribution in [0.25, 0.3) is 0 Å². The second-order valence-corrected chi connectivity index (χ2v) is 4.36. The van der Waals surface area contributed by atoms with Crippen molar-refractivity contribution in [3.63, 3.8) is 0 Å². The van der Waals surface area contributed by atoms with Crippen molar-refractivity contribution in [2.75, 3.05) is 5.32 Å². The average molecular weight is 330 g/mol. The Hall–Kier alpha value is -2.84. The smallest absolute Gasteiger partial charge is 0.426 e. The molecule has 0 aliphatic carbocycles. The van der Waals surface area contributed by atoms with Crippen LogP contribution in [0.2, 0.25) is 0 Å².